The minimum Gasteiger partial charge on any atom is -0.493 e. The van der Waals surface area contributed by atoms with Crippen LogP contribution in [-0.2, 0) is 9.53 Å². The van der Waals surface area contributed by atoms with Crippen LogP contribution in [0.15, 0.2) is 12.1 Å². The summed E-state index contributed by atoms with van der Waals surface area (Å²) >= 11 is 0. The molecule has 0 aromatic heterocycles. The van der Waals surface area contributed by atoms with Crippen molar-refractivity contribution in [3.05, 3.63) is 27.8 Å². The van der Waals surface area contributed by atoms with Crippen molar-refractivity contribution in [3.63, 3.8) is 0 Å². The Balaban J connectivity index is 3.11. The van der Waals surface area contributed by atoms with Gasteiger partial charge in [-0.3, -0.25) is 14.9 Å². The molecule has 0 fully saturated rings. The lowest BCUT2D eigenvalue weighted by atomic mass is 10.1. The van der Waals surface area contributed by atoms with Crippen molar-refractivity contribution in [1.29, 1.82) is 0 Å². The van der Waals surface area contributed by atoms with Crippen LogP contribution in [0.25, 0.3) is 0 Å². The third-order valence-corrected chi connectivity index (χ3v) is 3.20. The van der Waals surface area contributed by atoms with E-state index in [2.05, 4.69) is 5.32 Å². The fourth-order valence-corrected chi connectivity index (χ4v) is 1.96. The Kier molecular flexibility index (Phi) is 7.64. The number of benzene rings is 1. The van der Waals surface area contributed by atoms with Crippen molar-refractivity contribution in [1.82, 2.24) is 5.32 Å². The van der Waals surface area contributed by atoms with Gasteiger partial charge < -0.3 is 19.5 Å². The van der Waals surface area contributed by atoms with Gasteiger partial charge in [-0.2, -0.15) is 0 Å². The zero-order valence-electron chi connectivity index (χ0n) is 14.7. The van der Waals surface area contributed by atoms with Crippen molar-refractivity contribution in [2.75, 3.05) is 20.3 Å². The number of esters is 1. The number of hydrogen-bond acceptors (Lipinski definition) is 7. The van der Waals surface area contributed by atoms with Gasteiger partial charge in [-0.1, -0.05) is 6.92 Å². The molecule has 9 heteroatoms. The number of nitrogens with one attached hydrogen (secondary N) is 1. The number of nitrogens with zero attached hydrogens (tertiary/aromatic N) is 1. The normalized spacial score (nSPS) is 11.4. The van der Waals surface area contributed by atoms with Gasteiger partial charge in [0.2, 0.25) is 0 Å². The Morgan fingerprint density at radius 1 is 1.28 bits per heavy atom. The first-order valence-corrected chi connectivity index (χ1v) is 7.83. The third kappa shape index (κ3) is 5.33. The number of amides is 1. The highest BCUT2D eigenvalue weighted by Gasteiger charge is 2.28. The molecule has 0 aliphatic heterocycles. The molecule has 1 atom stereocenters. The topological polar surface area (TPSA) is 117 Å². The zero-order valence-corrected chi connectivity index (χ0v) is 14.7. The van der Waals surface area contributed by atoms with E-state index in [4.69, 9.17) is 14.2 Å². The SMILES string of the molecule is CCCNC(=O)[C@@H](C)OC(=O)c1cc(OC)c(OCC)cc1[N+](=O)[O-]. The molecule has 0 bridgehead atoms. The maximum Gasteiger partial charge on any atom is 0.346 e. The molecular weight excluding hydrogens is 332 g/mol. The van der Waals surface area contributed by atoms with E-state index in [0.29, 0.717) is 6.54 Å². The summed E-state index contributed by atoms with van der Waals surface area (Å²) in [5.74, 6) is -1.17. The molecule has 0 spiro atoms. The van der Waals surface area contributed by atoms with Crippen LogP contribution in [0.4, 0.5) is 5.69 Å². The smallest absolute Gasteiger partial charge is 0.346 e. The van der Waals surface area contributed by atoms with Crippen molar-refractivity contribution >= 4 is 17.6 Å². The Morgan fingerprint density at radius 2 is 1.96 bits per heavy atom. The number of carbonyl (C=O) groups excluding carboxylic acids is 2. The minimum atomic E-state index is -1.09. The molecule has 1 rings (SSSR count). The second-order valence-corrected chi connectivity index (χ2v) is 5.05. The van der Waals surface area contributed by atoms with Crippen LogP contribution in [0.1, 0.15) is 37.6 Å². The lowest BCUT2D eigenvalue weighted by molar-refractivity contribution is -0.385. The molecule has 0 aliphatic rings. The highest BCUT2D eigenvalue weighted by molar-refractivity contribution is 5.96. The number of hydrogen-bond donors (Lipinski definition) is 1. The van der Waals surface area contributed by atoms with Gasteiger partial charge in [0.15, 0.2) is 17.6 Å². The molecular formula is C16H22N2O7. The predicted octanol–water partition coefficient (Wildman–Crippen LogP) is 2.07. The lowest BCUT2D eigenvalue weighted by Crippen LogP contribution is -2.36. The molecule has 0 aliphatic carbocycles. The number of carbonyl (C=O) groups is 2. The standard InChI is InChI=1S/C16H22N2O7/c1-5-7-17-15(19)10(3)25-16(20)11-8-13(23-4)14(24-6-2)9-12(11)18(21)22/h8-10H,5-7H2,1-4H3,(H,17,19)/t10-/m1/s1. The molecule has 1 amide bonds. The number of ether oxygens (including phenoxy) is 3. The molecule has 0 heterocycles. The minimum absolute atomic E-state index is 0.141. The number of methoxy groups -OCH3 is 1. The number of rotatable bonds is 9. The maximum absolute atomic E-state index is 12.3. The largest absolute Gasteiger partial charge is 0.493 e. The molecule has 1 N–H and O–H groups in total. The molecule has 1 aromatic rings. The van der Waals surface area contributed by atoms with E-state index in [1.54, 1.807) is 6.92 Å². The van der Waals surface area contributed by atoms with Gasteiger partial charge in [0.25, 0.3) is 11.6 Å². The van der Waals surface area contributed by atoms with Crippen LogP contribution in [0.5, 0.6) is 11.5 Å². The lowest BCUT2D eigenvalue weighted by Gasteiger charge is -2.15. The zero-order chi connectivity index (χ0) is 19.0. The molecule has 138 valence electrons. The van der Waals surface area contributed by atoms with Crippen LogP contribution in [0, 0.1) is 10.1 Å². The van der Waals surface area contributed by atoms with E-state index in [0.717, 1.165) is 12.5 Å². The predicted molar refractivity (Wildman–Crippen MR) is 89.0 cm³/mol. The molecule has 0 unspecified atom stereocenters. The van der Waals surface area contributed by atoms with Gasteiger partial charge in [-0.15, -0.1) is 0 Å². The average molecular weight is 354 g/mol. The summed E-state index contributed by atoms with van der Waals surface area (Å²) in [5, 5.41) is 13.8. The summed E-state index contributed by atoms with van der Waals surface area (Å²) in [4.78, 5) is 34.6. The van der Waals surface area contributed by atoms with Crippen molar-refractivity contribution in [2.24, 2.45) is 0 Å². The number of nitro benzene ring substituents is 1. The Hall–Kier alpha value is -2.84. The van der Waals surface area contributed by atoms with E-state index in [1.165, 1.54) is 20.1 Å². The molecule has 0 radical (unpaired) electrons. The van der Waals surface area contributed by atoms with Crippen LogP contribution in [0.2, 0.25) is 0 Å². The summed E-state index contributed by atoms with van der Waals surface area (Å²) in [7, 11) is 1.35. The summed E-state index contributed by atoms with van der Waals surface area (Å²) in [6.45, 7) is 5.70. The Labute approximate surface area is 145 Å². The fraction of sp³-hybridized carbons (Fsp3) is 0.500. The number of nitro groups is 1. The van der Waals surface area contributed by atoms with Crippen LogP contribution >= 0.6 is 0 Å². The molecule has 25 heavy (non-hydrogen) atoms. The van der Waals surface area contributed by atoms with E-state index in [1.807, 2.05) is 6.92 Å². The van der Waals surface area contributed by atoms with Crippen molar-refractivity contribution < 1.29 is 28.7 Å². The Morgan fingerprint density at radius 3 is 2.48 bits per heavy atom. The molecule has 0 saturated heterocycles. The second-order valence-electron chi connectivity index (χ2n) is 5.05. The fourth-order valence-electron chi connectivity index (χ4n) is 1.96. The van der Waals surface area contributed by atoms with Crippen LogP contribution < -0.4 is 14.8 Å². The summed E-state index contributed by atoms with van der Waals surface area (Å²) < 4.78 is 15.4. The van der Waals surface area contributed by atoms with Gasteiger partial charge in [0, 0.05) is 12.6 Å². The van der Waals surface area contributed by atoms with E-state index >= 15 is 0 Å². The highest BCUT2D eigenvalue weighted by Crippen LogP contribution is 2.35. The van der Waals surface area contributed by atoms with Gasteiger partial charge >= 0.3 is 5.97 Å². The van der Waals surface area contributed by atoms with E-state index < -0.39 is 28.6 Å². The molecule has 0 saturated carbocycles. The van der Waals surface area contributed by atoms with Gasteiger partial charge in [-0.25, -0.2) is 4.79 Å². The first-order valence-electron chi connectivity index (χ1n) is 7.83. The first kappa shape index (κ1) is 20.2. The van der Waals surface area contributed by atoms with Gasteiger partial charge in [-0.05, 0) is 20.3 Å². The summed E-state index contributed by atoms with van der Waals surface area (Å²) in [5.41, 5.74) is -0.809. The molecule has 9 nitrogen and oxygen atoms in total. The monoisotopic (exact) mass is 354 g/mol. The van der Waals surface area contributed by atoms with Crippen molar-refractivity contribution in [2.45, 2.75) is 33.3 Å². The first-order chi connectivity index (χ1) is 11.8. The van der Waals surface area contributed by atoms with Crippen molar-refractivity contribution in [3.8, 4) is 11.5 Å². The highest BCUT2D eigenvalue weighted by atomic mass is 16.6. The summed E-state index contributed by atoms with van der Waals surface area (Å²) in [6, 6.07) is 2.27. The Bertz CT molecular complexity index is 646. The van der Waals surface area contributed by atoms with Gasteiger partial charge in [0.1, 0.15) is 5.56 Å². The summed E-state index contributed by atoms with van der Waals surface area (Å²) in [6.07, 6.45) is -0.357. The third-order valence-electron chi connectivity index (χ3n) is 3.20. The van der Waals surface area contributed by atoms with Gasteiger partial charge in [0.05, 0.1) is 24.7 Å². The van der Waals surface area contributed by atoms with Crippen LogP contribution in [0.3, 0.4) is 0 Å². The average Bonchev–Trinajstić information content (AvgIpc) is 2.59. The quantitative estimate of drug-likeness (QED) is 0.410. The van der Waals surface area contributed by atoms with E-state index in [9.17, 15) is 19.7 Å². The van der Waals surface area contributed by atoms with Crippen LogP contribution in [-0.4, -0.2) is 43.2 Å². The molecule has 1 aromatic carbocycles. The maximum atomic E-state index is 12.3. The second kappa shape index (κ2) is 9.45. The van der Waals surface area contributed by atoms with E-state index in [-0.39, 0.29) is 23.7 Å².